The number of carbonyl (C=O) groups is 1. The molecule has 0 aromatic rings. The van der Waals surface area contributed by atoms with Crippen molar-refractivity contribution in [2.24, 2.45) is 0 Å². The van der Waals surface area contributed by atoms with Gasteiger partial charge in [0, 0.05) is 0 Å². The summed E-state index contributed by atoms with van der Waals surface area (Å²) in [7, 11) is 0. The van der Waals surface area contributed by atoms with E-state index in [2.05, 4.69) is 5.32 Å². The van der Waals surface area contributed by atoms with Gasteiger partial charge in [-0.3, -0.25) is 4.79 Å². The highest BCUT2D eigenvalue weighted by Gasteiger charge is 2.12. The molecule has 0 bridgehead atoms. The molecular formula is C16H31NO7. The van der Waals surface area contributed by atoms with Crippen LogP contribution in [0.1, 0.15) is 19.3 Å². The van der Waals surface area contributed by atoms with E-state index >= 15 is 0 Å². The smallest absolute Gasteiger partial charge is 0.305 e. The molecule has 1 heterocycles. The van der Waals surface area contributed by atoms with E-state index < -0.39 is 5.97 Å². The first-order valence-corrected chi connectivity index (χ1v) is 8.64. The van der Waals surface area contributed by atoms with Crippen molar-refractivity contribution in [3.05, 3.63) is 0 Å². The van der Waals surface area contributed by atoms with Gasteiger partial charge in [-0.25, -0.2) is 0 Å². The molecule has 0 unspecified atom stereocenters. The van der Waals surface area contributed by atoms with Gasteiger partial charge in [-0.05, 0) is 25.9 Å². The molecule has 0 saturated carbocycles. The molecular weight excluding hydrogens is 318 g/mol. The highest BCUT2D eigenvalue weighted by atomic mass is 16.6. The van der Waals surface area contributed by atoms with E-state index in [1.165, 1.54) is 0 Å². The molecule has 0 atom stereocenters. The zero-order valence-electron chi connectivity index (χ0n) is 14.4. The van der Waals surface area contributed by atoms with Gasteiger partial charge in [0.15, 0.2) is 0 Å². The van der Waals surface area contributed by atoms with Crippen molar-refractivity contribution in [2.75, 3.05) is 72.6 Å². The van der Waals surface area contributed by atoms with Crippen LogP contribution in [0.15, 0.2) is 0 Å². The van der Waals surface area contributed by atoms with E-state index in [-0.39, 0.29) is 13.0 Å². The molecule has 1 fully saturated rings. The van der Waals surface area contributed by atoms with Crippen LogP contribution in [0.3, 0.4) is 0 Å². The summed E-state index contributed by atoms with van der Waals surface area (Å²) in [5, 5.41) is 11.7. The Hall–Kier alpha value is -0.770. The molecule has 0 aromatic heterocycles. The van der Waals surface area contributed by atoms with Crippen LogP contribution in [0.2, 0.25) is 0 Å². The topological polar surface area (TPSA) is 95.5 Å². The summed E-state index contributed by atoms with van der Waals surface area (Å²) in [5.74, 6) is -0.857. The lowest BCUT2D eigenvalue weighted by Gasteiger charge is -2.22. The fourth-order valence-corrected chi connectivity index (χ4v) is 2.16. The van der Waals surface area contributed by atoms with Gasteiger partial charge >= 0.3 is 5.97 Å². The lowest BCUT2D eigenvalue weighted by Crippen LogP contribution is -2.33. The van der Waals surface area contributed by atoms with E-state index in [4.69, 9.17) is 28.8 Å². The standard InChI is InChI=1S/C16H31NO7/c18-16(19)3-6-20-7-8-21-9-10-22-11-12-23-13-14-24-15-1-4-17-5-2-15/h15,17H,1-14H2,(H,18,19). The summed E-state index contributed by atoms with van der Waals surface area (Å²) >= 11 is 0. The van der Waals surface area contributed by atoms with Crippen LogP contribution in [0.5, 0.6) is 0 Å². The molecule has 1 aliphatic rings. The van der Waals surface area contributed by atoms with Crippen LogP contribution in [-0.4, -0.2) is 89.7 Å². The highest BCUT2D eigenvalue weighted by molar-refractivity contribution is 5.66. The number of rotatable bonds is 16. The summed E-state index contributed by atoms with van der Waals surface area (Å²) in [5.41, 5.74) is 0. The molecule has 8 heteroatoms. The molecule has 1 saturated heterocycles. The first kappa shape index (κ1) is 21.3. The maximum atomic E-state index is 10.2. The Kier molecular flexibility index (Phi) is 14.0. The normalized spacial score (nSPS) is 15.7. The molecule has 142 valence electrons. The average Bonchev–Trinajstić information content (AvgIpc) is 2.59. The minimum atomic E-state index is -0.857. The lowest BCUT2D eigenvalue weighted by molar-refractivity contribution is -0.138. The largest absolute Gasteiger partial charge is 0.481 e. The number of carboxylic acid groups (broad SMARTS) is 1. The molecule has 0 aromatic carbocycles. The van der Waals surface area contributed by atoms with Crippen LogP contribution >= 0.6 is 0 Å². The average molecular weight is 349 g/mol. The minimum Gasteiger partial charge on any atom is -0.481 e. The van der Waals surface area contributed by atoms with Gasteiger partial charge in [-0.2, -0.15) is 0 Å². The van der Waals surface area contributed by atoms with Gasteiger partial charge < -0.3 is 34.1 Å². The van der Waals surface area contributed by atoms with Crippen molar-refractivity contribution in [3.63, 3.8) is 0 Å². The highest BCUT2D eigenvalue weighted by Crippen LogP contribution is 2.06. The fraction of sp³-hybridized carbons (Fsp3) is 0.938. The van der Waals surface area contributed by atoms with Crippen LogP contribution in [0.4, 0.5) is 0 Å². The third-order valence-electron chi connectivity index (χ3n) is 3.44. The van der Waals surface area contributed by atoms with E-state index in [1.54, 1.807) is 0 Å². The van der Waals surface area contributed by atoms with Crippen LogP contribution in [0.25, 0.3) is 0 Å². The van der Waals surface area contributed by atoms with Crippen molar-refractivity contribution < 1.29 is 33.6 Å². The van der Waals surface area contributed by atoms with Gasteiger partial charge in [0.25, 0.3) is 0 Å². The number of ether oxygens (including phenoxy) is 5. The van der Waals surface area contributed by atoms with Gasteiger partial charge in [0.2, 0.25) is 0 Å². The summed E-state index contributed by atoms with van der Waals surface area (Å²) in [6.07, 6.45) is 2.55. The van der Waals surface area contributed by atoms with Gasteiger partial charge in [-0.1, -0.05) is 0 Å². The number of carboxylic acids is 1. The third kappa shape index (κ3) is 13.6. The predicted octanol–water partition coefficient (Wildman–Crippen LogP) is 0.296. The van der Waals surface area contributed by atoms with Gasteiger partial charge in [0.05, 0.1) is 72.0 Å². The molecule has 8 nitrogen and oxygen atoms in total. The zero-order chi connectivity index (χ0) is 17.3. The third-order valence-corrected chi connectivity index (χ3v) is 3.44. The molecule has 0 amide bonds. The van der Waals surface area contributed by atoms with Gasteiger partial charge in [0.1, 0.15) is 0 Å². The van der Waals surface area contributed by atoms with E-state index in [0.717, 1.165) is 25.9 Å². The Morgan fingerprint density at radius 3 is 1.75 bits per heavy atom. The predicted molar refractivity (Wildman–Crippen MR) is 87.4 cm³/mol. The molecule has 0 spiro atoms. The first-order chi connectivity index (χ1) is 11.8. The maximum Gasteiger partial charge on any atom is 0.305 e. The van der Waals surface area contributed by atoms with Crippen LogP contribution in [0, 0.1) is 0 Å². The van der Waals surface area contributed by atoms with E-state index in [1.807, 2.05) is 0 Å². The summed E-state index contributed by atoms with van der Waals surface area (Å²) < 4.78 is 26.9. The summed E-state index contributed by atoms with van der Waals surface area (Å²) in [4.78, 5) is 10.2. The first-order valence-electron chi connectivity index (χ1n) is 8.64. The molecule has 0 radical (unpaired) electrons. The van der Waals surface area contributed by atoms with E-state index in [0.29, 0.717) is 59.0 Å². The number of aliphatic carboxylic acids is 1. The second-order valence-electron chi connectivity index (χ2n) is 5.41. The molecule has 24 heavy (non-hydrogen) atoms. The molecule has 1 rings (SSSR count). The summed E-state index contributed by atoms with van der Waals surface area (Å²) in [6, 6.07) is 0. The Bertz CT molecular complexity index is 298. The molecule has 2 N–H and O–H groups in total. The van der Waals surface area contributed by atoms with E-state index in [9.17, 15) is 4.79 Å². The van der Waals surface area contributed by atoms with Crippen molar-refractivity contribution in [2.45, 2.75) is 25.4 Å². The SMILES string of the molecule is O=C(O)CCOCCOCCOCCOCCOC1CCNCC1. The maximum absolute atomic E-state index is 10.2. The second kappa shape index (κ2) is 15.7. The molecule has 0 aliphatic carbocycles. The number of piperidine rings is 1. The summed E-state index contributed by atoms with van der Waals surface area (Å²) in [6.45, 7) is 6.43. The Morgan fingerprint density at radius 1 is 0.792 bits per heavy atom. The Labute approximate surface area is 143 Å². The molecule has 1 aliphatic heterocycles. The quantitative estimate of drug-likeness (QED) is 0.384. The van der Waals surface area contributed by atoms with Gasteiger partial charge in [-0.15, -0.1) is 0 Å². The minimum absolute atomic E-state index is 0.0199. The Balaban J connectivity index is 1.68. The fourth-order valence-electron chi connectivity index (χ4n) is 2.16. The monoisotopic (exact) mass is 349 g/mol. The zero-order valence-corrected chi connectivity index (χ0v) is 14.4. The van der Waals surface area contributed by atoms with Crippen molar-refractivity contribution in [3.8, 4) is 0 Å². The number of hydrogen-bond donors (Lipinski definition) is 2. The number of hydrogen-bond acceptors (Lipinski definition) is 7. The van der Waals surface area contributed by atoms with Crippen molar-refractivity contribution >= 4 is 5.97 Å². The van der Waals surface area contributed by atoms with Crippen molar-refractivity contribution in [1.82, 2.24) is 5.32 Å². The second-order valence-corrected chi connectivity index (χ2v) is 5.41. The van der Waals surface area contributed by atoms with Crippen LogP contribution in [-0.2, 0) is 28.5 Å². The number of nitrogens with one attached hydrogen (secondary N) is 1. The Morgan fingerprint density at radius 2 is 1.25 bits per heavy atom. The van der Waals surface area contributed by atoms with Crippen molar-refractivity contribution in [1.29, 1.82) is 0 Å². The lowest BCUT2D eigenvalue weighted by atomic mass is 10.1. The van der Waals surface area contributed by atoms with Crippen LogP contribution < -0.4 is 5.32 Å².